The van der Waals surface area contributed by atoms with E-state index in [2.05, 4.69) is 22.4 Å². The Kier molecular flexibility index (Phi) is 4.88. The van der Waals surface area contributed by atoms with Crippen molar-refractivity contribution in [2.45, 2.75) is 55.5 Å². The Morgan fingerprint density at radius 3 is 2.89 bits per heavy atom. The van der Waals surface area contributed by atoms with Gasteiger partial charge in [-0.2, -0.15) is 0 Å². The molecule has 102 valence electrons. The van der Waals surface area contributed by atoms with E-state index in [0.29, 0.717) is 11.3 Å². The number of H-pyrrole nitrogens is 1. The molecule has 18 heavy (non-hydrogen) atoms. The summed E-state index contributed by atoms with van der Waals surface area (Å²) in [4.78, 5) is 11.4. The van der Waals surface area contributed by atoms with E-state index in [1.807, 2.05) is 0 Å². The summed E-state index contributed by atoms with van der Waals surface area (Å²) in [5.74, 6) is 0. The number of aromatic nitrogens is 3. The van der Waals surface area contributed by atoms with Crippen molar-refractivity contribution in [2.75, 3.05) is 6.54 Å². The molecule has 2 atom stereocenters. The first kappa shape index (κ1) is 13.7. The lowest BCUT2D eigenvalue weighted by Gasteiger charge is -2.24. The van der Waals surface area contributed by atoms with Gasteiger partial charge in [-0.05, 0) is 19.4 Å². The summed E-state index contributed by atoms with van der Waals surface area (Å²) in [5, 5.41) is 11.5. The van der Waals surface area contributed by atoms with Gasteiger partial charge < -0.3 is 5.32 Å². The molecule has 0 amide bonds. The molecular formula is C12H22N4OS. The average molecular weight is 270 g/mol. The molecule has 2 unspecified atom stereocenters. The molecule has 0 bridgehead atoms. The van der Waals surface area contributed by atoms with Gasteiger partial charge in [0.2, 0.25) is 0 Å². The molecule has 6 heteroatoms. The third-order valence-corrected chi connectivity index (χ3v) is 4.96. The van der Waals surface area contributed by atoms with Crippen LogP contribution in [0.25, 0.3) is 0 Å². The highest BCUT2D eigenvalue weighted by atomic mass is 32.2. The van der Waals surface area contributed by atoms with Crippen molar-refractivity contribution < 1.29 is 0 Å². The van der Waals surface area contributed by atoms with E-state index in [1.165, 1.54) is 32.1 Å². The number of hydrogen-bond acceptors (Lipinski definition) is 4. The molecule has 1 fully saturated rings. The number of nitrogens with one attached hydrogen (secondary N) is 2. The highest BCUT2D eigenvalue weighted by molar-refractivity contribution is 7.99. The number of rotatable bonds is 4. The van der Waals surface area contributed by atoms with Crippen LogP contribution in [0.1, 0.15) is 39.0 Å². The number of nitrogens with zero attached hydrogens (tertiary/aromatic N) is 2. The molecule has 2 N–H and O–H groups in total. The number of thioether (sulfide) groups is 1. The summed E-state index contributed by atoms with van der Waals surface area (Å²) >= 11 is 1.73. The molecule has 1 aromatic heterocycles. The van der Waals surface area contributed by atoms with Crippen LogP contribution < -0.4 is 11.0 Å². The third kappa shape index (κ3) is 3.17. The normalized spacial score (nSPS) is 25.0. The summed E-state index contributed by atoms with van der Waals surface area (Å²) in [7, 11) is 1.77. The standard InChI is InChI=1S/C12H22N4OS/c1-3-13-9-7-5-4-6-8-10(9)18-12-15-14-11(17)16(12)2/h9-10,13H,3-8H2,1-2H3,(H,14,17). The topological polar surface area (TPSA) is 62.7 Å². The number of hydrogen-bond donors (Lipinski definition) is 2. The summed E-state index contributed by atoms with van der Waals surface area (Å²) in [6.45, 7) is 3.15. The molecule has 0 saturated heterocycles. The minimum atomic E-state index is -0.133. The SMILES string of the molecule is CCNC1CCCCCC1Sc1n[nH]c(=O)n1C. The summed E-state index contributed by atoms with van der Waals surface area (Å²) in [6, 6.07) is 0.536. The zero-order valence-corrected chi connectivity index (χ0v) is 11.9. The van der Waals surface area contributed by atoms with Gasteiger partial charge in [-0.15, -0.1) is 5.10 Å². The predicted octanol–water partition coefficient (Wildman–Crippen LogP) is 1.51. The molecule has 0 aliphatic heterocycles. The molecule has 0 spiro atoms. The van der Waals surface area contributed by atoms with Crippen LogP contribution in [0.3, 0.4) is 0 Å². The van der Waals surface area contributed by atoms with Gasteiger partial charge in [0.1, 0.15) is 0 Å². The highest BCUT2D eigenvalue weighted by Gasteiger charge is 2.25. The van der Waals surface area contributed by atoms with Crippen molar-refractivity contribution in [3.05, 3.63) is 10.5 Å². The van der Waals surface area contributed by atoms with Crippen molar-refractivity contribution in [3.8, 4) is 0 Å². The van der Waals surface area contributed by atoms with Crippen LogP contribution in [0.5, 0.6) is 0 Å². The van der Waals surface area contributed by atoms with Crippen molar-refractivity contribution in [1.82, 2.24) is 20.1 Å². The lowest BCUT2D eigenvalue weighted by atomic mass is 10.1. The summed E-state index contributed by atoms with van der Waals surface area (Å²) in [6.07, 6.45) is 6.32. The fourth-order valence-corrected chi connectivity index (χ4v) is 3.77. The van der Waals surface area contributed by atoms with E-state index in [0.717, 1.165) is 11.7 Å². The molecule has 1 aliphatic rings. The smallest absolute Gasteiger partial charge is 0.313 e. The van der Waals surface area contributed by atoms with Gasteiger partial charge in [0, 0.05) is 18.3 Å². The molecule has 5 nitrogen and oxygen atoms in total. The third-order valence-electron chi connectivity index (χ3n) is 3.51. The Bertz CT molecular complexity index is 428. The van der Waals surface area contributed by atoms with Crippen molar-refractivity contribution in [3.63, 3.8) is 0 Å². The fourth-order valence-electron chi connectivity index (χ4n) is 2.48. The largest absolute Gasteiger partial charge is 0.343 e. The molecule has 1 aromatic rings. The number of aromatic amines is 1. The first-order valence-electron chi connectivity index (χ1n) is 6.73. The van der Waals surface area contributed by atoms with Gasteiger partial charge in [0.05, 0.1) is 0 Å². The monoisotopic (exact) mass is 270 g/mol. The van der Waals surface area contributed by atoms with Crippen LogP contribution in [-0.4, -0.2) is 32.6 Å². The van der Waals surface area contributed by atoms with Crippen LogP contribution in [0, 0.1) is 0 Å². The minimum absolute atomic E-state index is 0.133. The maximum atomic E-state index is 11.4. The Balaban J connectivity index is 2.08. The van der Waals surface area contributed by atoms with Crippen molar-refractivity contribution in [1.29, 1.82) is 0 Å². The lowest BCUT2D eigenvalue weighted by molar-refractivity contribution is 0.481. The second-order valence-corrected chi connectivity index (χ2v) is 6.04. The molecular weight excluding hydrogens is 248 g/mol. The van der Waals surface area contributed by atoms with E-state index >= 15 is 0 Å². The second kappa shape index (κ2) is 6.43. The van der Waals surface area contributed by atoms with Crippen LogP contribution >= 0.6 is 11.8 Å². The quantitative estimate of drug-likeness (QED) is 0.814. The Labute approximate surface area is 112 Å². The minimum Gasteiger partial charge on any atom is -0.313 e. The van der Waals surface area contributed by atoms with E-state index in [9.17, 15) is 4.79 Å². The van der Waals surface area contributed by atoms with Gasteiger partial charge in [0.15, 0.2) is 5.16 Å². The van der Waals surface area contributed by atoms with Crippen LogP contribution in [-0.2, 0) is 7.05 Å². The molecule has 1 heterocycles. The van der Waals surface area contributed by atoms with Gasteiger partial charge in [0.25, 0.3) is 0 Å². The molecule has 1 saturated carbocycles. The summed E-state index contributed by atoms with van der Waals surface area (Å²) < 4.78 is 1.60. The molecule has 2 rings (SSSR count). The van der Waals surface area contributed by atoms with Gasteiger partial charge in [-0.3, -0.25) is 4.57 Å². The summed E-state index contributed by atoms with van der Waals surface area (Å²) in [5.41, 5.74) is -0.133. The zero-order chi connectivity index (χ0) is 13.0. The molecule has 0 aromatic carbocycles. The second-order valence-electron chi connectivity index (χ2n) is 4.83. The molecule has 1 aliphatic carbocycles. The van der Waals surface area contributed by atoms with Crippen molar-refractivity contribution >= 4 is 11.8 Å². The van der Waals surface area contributed by atoms with Gasteiger partial charge in [-0.1, -0.05) is 37.9 Å². The lowest BCUT2D eigenvalue weighted by Crippen LogP contribution is -2.37. The van der Waals surface area contributed by atoms with Crippen LogP contribution in [0.4, 0.5) is 0 Å². The Hall–Kier alpha value is -0.750. The maximum Gasteiger partial charge on any atom is 0.343 e. The fraction of sp³-hybridized carbons (Fsp3) is 0.833. The molecule has 0 radical (unpaired) electrons. The predicted molar refractivity (Wildman–Crippen MR) is 74.0 cm³/mol. The van der Waals surface area contributed by atoms with Crippen molar-refractivity contribution in [2.24, 2.45) is 7.05 Å². The zero-order valence-electron chi connectivity index (χ0n) is 11.1. The first-order valence-corrected chi connectivity index (χ1v) is 7.61. The average Bonchev–Trinajstić information content (AvgIpc) is 2.57. The Morgan fingerprint density at radius 2 is 2.22 bits per heavy atom. The van der Waals surface area contributed by atoms with E-state index < -0.39 is 0 Å². The van der Waals surface area contributed by atoms with Gasteiger partial charge >= 0.3 is 5.69 Å². The maximum absolute atomic E-state index is 11.4. The van der Waals surface area contributed by atoms with Crippen LogP contribution in [0.2, 0.25) is 0 Å². The first-order chi connectivity index (χ1) is 8.72. The Morgan fingerprint density at radius 1 is 1.44 bits per heavy atom. The highest BCUT2D eigenvalue weighted by Crippen LogP contribution is 2.31. The van der Waals surface area contributed by atoms with E-state index in [-0.39, 0.29) is 5.69 Å². The van der Waals surface area contributed by atoms with Gasteiger partial charge in [-0.25, -0.2) is 9.89 Å². The van der Waals surface area contributed by atoms with Crippen LogP contribution in [0.15, 0.2) is 9.95 Å². The van der Waals surface area contributed by atoms with E-state index in [1.54, 1.807) is 23.4 Å². The van der Waals surface area contributed by atoms with E-state index in [4.69, 9.17) is 0 Å².